The van der Waals surface area contributed by atoms with Crippen LogP contribution in [0.2, 0.25) is 0 Å². The minimum Gasteiger partial charge on any atom is -0.356 e. The number of rotatable bonds is 4. The lowest BCUT2D eigenvalue weighted by atomic mass is 9.97. The van der Waals surface area contributed by atoms with Crippen molar-refractivity contribution < 1.29 is 4.79 Å². The highest BCUT2D eigenvalue weighted by Gasteiger charge is 2.30. The van der Waals surface area contributed by atoms with Crippen molar-refractivity contribution in [3.63, 3.8) is 0 Å². The largest absolute Gasteiger partial charge is 0.356 e. The lowest BCUT2D eigenvalue weighted by Gasteiger charge is -2.32. The maximum atomic E-state index is 12.5. The van der Waals surface area contributed by atoms with Gasteiger partial charge in [0.05, 0.1) is 5.92 Å². The number of nitrogens with one attached hydrogen (secondary N) is 1. The molecule has 21 heavy (non-hydrogen) atoms. The van der Waals surface area contributed by atoms with Gasteiger partial charge in [0.2, 0.25) is 5.91 Å². The van der Waals surface area contributed by atoms with Crippen molar-refractivity contribution in [2.75, 3.05) is 24.5 Å². The number of hydrogen-bond donors (Lipinski definition) is 1. The van der Waals surface area contributed by atoms with Gasteiger partial charge < -0.3 is 14.8 Å². The van der Waals surface area contributed by atoms with Crippen LogP contribution < -0.4 is 15.8 Å². The second-order valence-corrected chi connectivity index (χ2v) is 5.87. The van der Waals surface area contributed by atoms with E-state index in [1.165, 1.54) is 0 Å². The second kappa shape index (κ2) is 5.87. The fourth-order valence-electron chi connectivity index (χ4n) is 2.97. The lowest BCUT2D eigenvalue weighted by Crippen LogP contribution is -2.45. The first-order valence-corrected chi connectivity index (χ1v) is 7.80. The van der Waals surface area contributed by atoms with Crippen molar-refractivity contribution in [3.8, 4) is 0 Å². The molecule has 114 valence electrons. The number of anilines is 1. The Kier molecular flexibility index (Phi) is 3.94. The van der Waals surface area contributed by atoms with E-state index in [1.807, 2.05) is 11.8 Å². The van der Waals surface area contributed by atoms with Crippen LogP contribution in [-0.2, 0) is 4.79 Å². The molecule has 3 rings (SSSR count). The highest BCUT2D eigenvalue weighted by molar-refractivity contribution is 5.79. The van der Waals surface area contributed by atoms with Crippen LogP contribution in [0.4, 0.5) is 5.82 Å². The summed E-state index contributed by atoms with van der Waals surface area (Å²) in [5.74, 6) is 0.536. The second-order valence-electron chi connectivity index (χ2n) is 5.87. The van der Waals surface area contributed by atoms with Crippen LogP contribution in [0, 0.1) is 5.92 Å². The molecule has 2 fully saturated rings. The van der Waals surface area contributed by atoms with Gasteiger partial charge in [0.15, 0.2) is 5.82 Å². The molecule has 6 nitrogen and oxygen atoms in total. The van der Waals surface area contributed by atoms with Gasteiger partial charge in [-0.1, -0.05) is 0 Å². The smallest absolute Gasteiger partial charge is 0.293 e. The molecular weight excluding hydrogens is 268 g/mol. The third kappa shape index (κ3) is 2.94. The van der Waals surface area contributed by atoms with E-state index in [0.717, 1.165) is 32.2 Å². The van der Waals surface area contributed by atoms with Gasteiger partial charge in [-0.25, -0.2) is 4.98 Å². The maximum absolute atomic E-state index is 12.5. The van der Waals surface area contributed by atoms with Crippen molar-refractivity contribution >= 4 is 11.7 Å². The normalized spacial score (nSPS) is 22.1. The van der Waals surface area contributed by atoms with E-state index in [0.29, 0.717) is 24.9 Å². The van der Waals surface area contributed by atoms with E-state index in [2.05, 4.69) is 10.3 Å². The molecule has 1 aliphatic carbocycles. The minimum atomic E-state index is -0.0468. The van der Waals surface area contributed by atoms with E-state index >= 15 is 0 Å². The van der Waals surface area contributed by atoms with Crippen LogP contribution in [0.1, 0.15) is 38.6 Å². The van der Waals surface area contributed by atoms with E-state index in [4.69, 9.17) is 0 Å². The quantitative estimate of drug-likeness (QED) is 0.896. The van der Waals surface area contributed by atoms with E-state index in [9.17, 15) is 9.59 Å². The van der Waals surface area contributed by atoms with Crippen LogP contribution in [0.15, 0.2) is 17.2 Å². The Bertz CT molecular complexity index is 579. The van der Waals surface area contributed by atoms with Gasteiger partial charge in [-0.05, 0) is 32.6 Å². The molecule has 0 spiro atoms. The van der Waals surface area contributed by atoms with Gasteiger partial charge in [-0.3, -0.25) is 9.59 Å². The third-order valence-electron chi connectivity index (χ3n) is 4.23. The van der Waals surface area contributed by atoms with Gasteiger partial charge in [0.25, 0.3) is 5.56 Å². The van der Waals surface area contributed by atoms with Crippen molar-refractivity contribution in [2.45, 2.75) is 38.6 Å². The topological polar surface area (TPSA) is 67.2 Å². The Hall–Kier alpha value is -1.85. The predicted molar refractivity (Wildman–Crippen MR) is 80.4 cm³/mol. The summed E-state index contributed by atoms with van der Waals surface area (Å²) in [4.78, 5) is 30.8. The first-order valence-electron chi connectivity index (χ1n) is 7.80. The molecule has 1 saturated carbocycles. The molecule has 6 heteroatoms. The highest BCUT2D eigenvalue weighted by Crippen LogP contribution is 2.33. The predicted octanol–water partition coefficient (Wildman–Crippen LogP) is 0.931. The molecule has 0 aromatic carbocycles. The zero-order chi connectivity index (χ0) is 14.8. The summed E-state index contributed by atoms with van der Waals surface area (Å²) in [6.45, 7) is 3.95. The lowest BCUT2D eigenvalue weighted by molar-refractivity contribution is -0.125. The van der Waals surface area contributed by atoms with Crippen molar-refractivity contribution in [1.82, 2.24) is 14.9 Å². The molecule has 2 heterocycles. The summed E-state index contributed by atoms with van der Waals surface area (Å²) in [6, 6.07) is 0.350. The summed E-state index contributed by atoms with van der Waals surface area (Å²) in [6.07, 6.45) is 7.42. The summed E-state index contributed by atoms with van der Waals surface area (Å²) in [5, 5.41) is 2.87. The Morgan fingerprint density at radius 1 is 1.43 bits per heavy atom. The van der Waals surface area contributed by atoms with Crippen LogP contribution >= 0.6 is 0 Å². The summed E-state index contributed by atoms with van der Waals surface area (Å²) < 4.78 is 1.79. The molecule has 1 aromatic heterocycles. The third-order valence-corrected chi connectivity index (χ3v) is 4.23. The number of carbonyl (C=O) groups excluding carboxylic acids is 1. The number of amides is 1. The molecule has 0 bridgehead atoms. The van der Waals surface area contributed by atoms with E-state index < -0.39 is 0 Å². The number of piperidine rings is 1. The van der Waals surface area contributed by atoms with E-state index in [-0.39, 0.29) is 17.4 Å². The molecule has 2 aliphatic rings. The molecule has 0 radical (unpaired) electrons. The van der Waals surface area contributed by atoms with Crippen LogP contribution in [0.3, 0.4) is 0 Å². The van der Waals surface area contributed by atoms with Crippen LogP contribution in [0.5, 0.6) is 0 Å². The molecule has 1 aromatic rings. The van der Waals surface area contributed by atoms with Gasteiger partial charge in [-0.15, -0.1) is 0 Å². The Balaban J connectivity index is 1.78. The molecular formula is C15H22N4O2. The van der Waals surface area contributed by atoms with Gasteiger partial charge in [0, 0.05) is 38.1 Å². The average Bonchev–Trinajstić information content (AvgIpc) is 3.32. The number of aromatic nitrogens is 2. The Morgan fingerprint density at radius 3 is 2.95 bits per heavy atom. The molecule has 1 atom stereocenters. The molecule has 1 aliphatic heterocycles. The first-order chi connectivity index (χ1) is 10.2. The molecule has 1 saturated heterocycles. The number of hydrogen-bond acceptors (Lipinski definition) is 4. The molecule has 1 amide bonds. The van der Waals surface area contributed by atoms with Crippen molar-refractivity contribution in [1.29, 1.82) is 0 Å². The molecule has 1 N–H and O–H groups in total. The zero-order valence-corrected chi connectivity index (χ0v) is 12.4. The van der Waals surface area contributed by atoms with Crippen LogP contribution in [0.25, 0.3) is 0 Å². The SMILES string of the molecule is CCNC(=O)[C@@H]1CCCN(c2nccn(C3CC3)c2=O)C1. The summed E-state index contributed by atoms with van der Waals surface area (Å²) in [7, 11) is 0. The average molecular weight is 290 g/mol. The van der Waals surface area contributed by atoms with E-state index in [1.54, 1.807) is 17.0 Å². The van der Waals surface area contributed by atoms with Crippen molar-refractivity contribution in [3.05, 3.63) is 22.7 Å². The van der Waals surface area contributed by atoms with Gasteiger partial charge in [0.1, 0.15) is 0 Å². The zero-order valence-electron chi connectivity index (χ0n) is 12.4. The number of carbonyl (C=O) groups is 1. The van der Waals surface area contributed by atoms with Gasteiger partial charge >= 0.3 is 0 Å². The fourth-order valence-corrected chi connectivity index (χ4v) is 2.97. The van der Waals surface area contributed by atoms with Crippen LogP contribution in [-0.4, -0.2) is 35.1 Å². The van der Waals surface area contributed by atoms with Gasteiger partial charge in [-0.2, -0.15) is 0 Å². The fraction of sp³-hybridized carbons (Fsp3) is 0.667. The maximum Gasteiger partial charge on any atom is 0.293 e. The molecule has 0 unspecified atom stereocenters. The summed E-state index contributed by atoms with van der Waals surface area (Å²) >= 11 is 0. The Morgan fingerprint density at radius 2 is 2.24 bits per heavy atom. The standard InChI is InChI=1S/C15H22N4O2/c1-2-16-14(20)11-4-3-8-18(10-11)13-15(21)19(9-7-17-13)12-5-6-12/h7,9,11-12H,2-6,8,10H2,1H3,(H,16,20)/t11-/m1/s1. The Labute approximate surface area is 124 Å². The first kappa shape index (κ1) is 14.1. The van der Waals surface area contributed by atoms with Crippen molar-refractivity contribution in [2.24, 2.45) is 5.92 Å². The summed E-state index contributed by atoms with van der Waals surface area (Å²) in [5.41, 5.74) is -0.0171. The highest BCUT2D eigenvalue weighted by atomic mass is 16.2. The monoisotopic (exact) mass is 290 g/mol. The number of nitrogens with zero attached hydrogens (tertiary/aromatic N) is 3. The minimum absolute atomic E-state index is 0.0171.